The number of carbonyl (C=O) groups is 3. The lowest BCUT2D eigenvalue weighted by Crippen LogP contribution is -2.42. The van der Waals surface area contributed by atoms with E-state index in [-0.39, 0.29) is 23.3 Å². The number of esters is 1. The van der Waals surface area contributed by atoms with Gasteiger partial charge in [-0.3, -0.25) is 9.59 Å². The Hall–Kier alpha value is -2.47. The van der Waals surface area contributed by atoms with Crippen LogP contribution in [0.15, 0.2) is 30.4 Å². The van der Waals surface area contributed by atoms with Gasteiger partial charge in [0.2, 0.25) is 5.60 Å². The monoisotopic (exact) mass is 289 g/mol. The van der Waals surface area contributed by atoms with E-state index in [4.69, 9.17) is 4.74 Å². The summed E-state index contributed by atoms with van der Waals surface area (Å²) in [5, 5.41) is 10.8. The standard InChI is InChI=1S/C15H15NO5/c1-4-21-13(18)9(2)15(20)11-7-10(8-17)5-6-12(11)16(3)14(15)19/h5-8,20H,2,4H2,1,3H3. The molecule has 1 atom stereocenters. The van der Waals surface area contributed by atoms with Gasteiger partial charge in [0.05, 0.1) is 17.9 Å². The molecule has 0 aliphatic carbocycles. The first kappa shape index (κ1) is 14.9. The van der Waals surface area contributed by atoms with Crippen LogP contribution in [-0.4, -0.2) is 36.9 Å². The molecule has 0 saturated carbocycles. The van der Waals surface area contributed by atoms with E-state index >= 15 is 0 Å². The van der Waals surface area contributed by atoms with Crippen LogP contribution < -0.4 is 4.90 Å². The maximum absolute atomic E-state index is 12.4. The normalized spacial score (nSPS) is 20.1. The van der Waals surface area contributed by atoms with E-state index in [0.29, 0.717) is 12.0 Å². The minimum atomic E-state index is -2.21. The molecule has 0 fully saturated rings. The second-order valence-electron chi connectivity index (χ2n) is 4.67. The van der Waals surface area contributed by atoms with Crippen LogP contribution in [0, 0.1) is 0 Å². The van der Waals surface area contributed by atoms with Crippen LogP contribution in [-0.2, 0) is 19.9 Å². The van der Waals surface area contributed by atoms with Gasteiger partial charge in [-0.05, 0) is 25.1 Å². The number of aldehydes is 1. The van der Waals surface area contributed by atoms with Gasteiger partial charge < -0.3 is 14.7 Å². The van der Waals surface area contributed by atoms with Crippen molar-refractivity contribution in [1.29, 1.82) is 0 Å². The summed E-state index contributed by atoms with van der Waals surface area (Å²) in [6.07, 6.45) is 0.594. The van der Waals surface area contributed by atoms with E-state index in [0.717, 1.165) is 0 Å². The van der Waals surface area contributed by atoms with Crippen LogP contribution in [0.4, 0.5) is 5.69 Å². The quantitative estimate of drug-likeness (QED) is 0.503. The van der Waals surface area contributed by atoms with Crippen molar-refractivity contribution in [2.75, 3.05) is 18.6 Å². The Morgan fingerprint density at radius 1 is 1.52 bits per heavy atom. The summed E-state index contributed by atoms with van der Waals surface area (Å²) in [5.41, 5.74) is -1.74. The molecule has 0 bridgehead atoms. The Morgan fingerprint density at radius 3 is 2.76 bits per heavy atom. The van der Waals surface area contributed by atoms with Gasteiger partial charge in [-0.25, -0.2) is 4.79 Å². The molecule has 110 valence electrons. The number of nitrogens with zero attached hydrogens (tertiary/aromatic N) is 1. The molecular weight excluding hydrogens is 274 g/mol. The molecule has 6 nitrogen and oxygen atoms in total. The highest BCUT2D eigenvalue weighted by molar-refractivity contribution is 6.13. The molecule has 0 saturated heterocycles. The van der Waals surface area contributed by atoms with Crippen molar-refractivity contribution in [2.24, 2.45) is 0 Å². The Bertz CT molecular complexity index is 651. The molecule has 1 amide bonds. The van der Waals surface area contributed by atoms with Crippen LogP contribution in [0.3, 0.4) is 0 Å². The largest absolute Gasteiger partial charge is 0.463 e. The molecule has 0 spiro atoms. The number of carbonyl (C=O) groups excluding carboxylic acids is 3. The third-order valence-electron chi connectivity index (χ3n) is 3.48. The van der Waals surface area contributed by atoms with Crippen molar-refractivity contribution >= 4 is 23.9 Å². The van der Waals surface area contributed by atoms with Gasteiger partial charge in [0.15, 0.2) is 0 Å². The van der Waals surface area contributed by atoms with Gasteiger partial charge in [-0.1, -0.05) is 6.58 Å². The summed E-state index contributed by atoms with van der Waals surface area (Å²) in [7, 11) is 1.47. The molecule has 1 aliphatic rings. The van der Waals surface area contributed by atoms with Gasteiger partial charge in [0, 0.05) is 18.2 Å². The lowest BCUT2D eigenvalue weighted by atomic mass is 9.87. The van der Waals surface area contributed by atoms with E-state index in [1.807, 2.05) is 0 Å². The van der Waals surface area contributed by atoms with Crippen molar-refractivity contribution in [3.05, 3.63) is 41.5 Å². The van der Waals surface area contributed by atoms with Crippen LogP contribution in [0.25, 0.3) is 0 Å². The lowest BCUT2D eigenvalue weighted by molar-refractivity contribution is -0.145. The highest BCUT2D eigenvalue weighted by atomic mass is 16.5. The summed E-state index contributed by atoms with van der Waals surface area (Å²) in [6.45, 7) is 5.21. The molecule has 0 radical (unpaired) electrons. The van der Waals surface area contributed by atoms with Crippen LogP contribution >= 0.6 is 0 Å². The third-order valence-corrected chi connectivity index (χ3v) is 3.48. The predicted octanol–water partition coefficient (Wildman–Crippen LogP) is 0.782. The first-order valence-corrected chi connectivity index (χ1v) is 6.34. The number of anilines is 1. The summed E-state index contributed by atoms with van der Waals surface area (Å²) in [5.74, 6) is -1.57. The molecule has 6 heteroatoms. The summed E-state index contributed by atoms with van der Waals surface area (Å²) in [4.78, 5) is 36.3. The molecular formula is C15H15NO5. The predicted molar refractivity (Wildman–Crippen MR) is 74.9 cm³/mol. The summed E-state index contributed by atoms with van der Waals surface area (Å²) >= 11 is 0. The number of amides is 1. The average molecular weight is 289 g/mol. The first-order chi connectivity index (χ1) is 9.87. The number of likely N-dealkylation sites (N-methyl/N-ethyl adjacent to an activating group) is 1. The first-order valence-electron chi connectivity index (χ1n) is 6.34. The Morgan fingerprint density at radius 2 is 2.19 bits per heavy atom. The number of aliphatic hydroxyl groups is 1. The second kappa shape index (κ2) is 5.14. The van der Waals surface area contributed by atoms with Gasteiger partial charge in [-0.2, -0.15) is 0 Å². The van der Waals surface area contributed by atoms with Crippen molar-refractivity contribution in [3.8, 4) is 0 Å². The number of fused-ring (bicyclic) bond motifs is 1. The number of hydrogen-bond donors (Lipinski definition) is 1. The number of hydrogen-bond acceptors (Lipinski definition) is 5. The number of ether oxygens (including phenoxy) is 1. The van der Waals surface area contributed by atoms with Gasteiger partial charge >= 0.3 is 5.97 Å². The molecule has 1 N–H and O–H groups in total. The van der Waals surface area contributed by atoms with E-state index in [2.05, 4.69) is 6.58 Å². The summed E-state index contributed by atoms with van der Waals surface area (Å²) < 4.78 is 4.80. The fraction of sp³-hybridized carbons (Fsp3) is 0.267. The zero-order chi connectivity index (χ0) is 15.8. The van der Waals surface area contributed by atoms with Crippen molar-refractivity contribution in [3.63, 3.8) is 0 Å². The van der Waals surface area contributed by atoms with Crippen LogP contribution in [0.5, 0.6) is 0 Å². The molecule has 1 heterocycles. The van der Waals surface area contributed by atoms with E-state index in [1.165, 1.54) is 30.1 Å². The third kappa shape index (κ3) is 2.04. The molecule has 2 rings (SSSR count). The number of benzene rings is 1. The molecule has 1 aromatic carbocycles. The Labute approximate surface area is 121 Å². The maximum Gasteiger partial charge on any atom is 0.337 e. The fourth-order valence-electron chi connectivity index (χ4n) is 2.33. The van der Waals surface area contributed by atoms with Crippen molar-refractivity contribution in [1.82, 2.24) is 0 Å². The van der Waals surface area contributed by atoms with Crippen molar-refractivity contribution < 1.29 is 24.2 Å². The maximum atomic E-state index is 12.4. The molecule has 1 aromatic rings. The van der Waals surface area contributed by atoms with Crippen LogP contribution in [0.2, 0.25) is 0 Å². The van der Waals surface area contributed by atoms with Gasteiger partial charge in [-0.15, -0.1) is 0 Å². The fourth-order valence-corrected chi connectivity index (χ4v) is 2.33. The average Bonchev–Trinajstić information content (AvgIpc) is 2.69. The Kier molecular flexibility index (Phi) is 3.65. The molecule has 21 heavy (non-hydrogen) atoms. The molecule has 1 unspecified atom stereocenters. The van der Waals surface area contributed by atoms with Crippen LogP contribution in [0.1, 0.15) is 22.8 Å². The summed E-state index contributed by atoms with van der Waals surface area (Å²) in [6, 6.07) is 4.43. The minimum absolute atomic E-state index is 0.0964. The smallest absolute Gasteiger partial charge is 0.337 e. The highest BCUT2D eigenvalue weighted by Gasteiger charge is 2.53. The van der Waals surface area contributed by atoms with Gasteiger partial charge in [0.1, 0.15) is 6.29 Å². The van der Waals surface area contributed by atoms with Gasteiger partial charge in [0.25, 0.3) is 5.91 Å². The zero-order valence-corrected chi connectivity index (χ0v) is 11.8. The topological polar surface area (TPSA) is 83.9 Å². The van der Waals surface area contributed by atoms with E-state index in [1.54, 1.807) is 6.92 Å². The van der Waals surface area contributed by atoms with E-state index < -0.39 is 17.5 Å². The second-order valence-corrected chi connectivity index (χ2v) is 4.67. The SMILES string of the molecule is C=C(C(=O)OCC)C1(O)C(=O)N(C)c2ccc(C=O)cc21. The zero-order valence-electron chi connectivity index (χ0n) is 11.8. The molecule has 0 aromatic heterocycles. The lowest BCUT2D eigenvalue weighted by Gasteiger charge is -2.23. The Balaban J connectivity index is 2.59. The highest BCUT2D eigenvalue weighted by Crippen LogP contribution is 2.44. The number of rotatable bonds is 4. The van der Waals surface area contributed by atoms with Crippen molar-refractivity contribution in [2.45, 2.75) is 12.5 Å². The van der Waals surface area contributed by atoms with E-state index in [9.17, 15) is 19.5 Å². The minimum Gasteiger partial charge on any atom is -0.463 e. The molecule has 1 aliphatic heterocycles.